The smallest absolute Gasteiger partial charge is 0.194 e. The summed E-state index contributed by atoms with van der Waals surface area (Å²) >= 11 is 0. The lowest BCUT2D eigenvalue weighted by Crippen LogP contribution is -2.48. The second-order valence-electron chi connectivity index (χ2n) is 6.75. The molecule has 2 aromatic heterocycles. The molecule has 1 aliphatic rings. The van der Waals surface area contributed by atoms with E-state index >= 15 is 0 Å². The van der Waals surface area contributed by atoms with Gasteiger partial charge in [0.1, 0.15) is 6.10 Å². The Morgan fingerprint density at radius 1 is 1.34 bits per heavy atom. The SMILES string of the molecule is CN=C(NCc1ccccc1-n1ccnc1)N1CCOC(c2cnn(C)c2)C1.I. The van der Waals surface area contributed by atoms with E-state index in [4.69, 9.17) is 4.74 Å². The second-order valence-corrected chi connectivity index (χ2v) is 6.75. The van der Waals surface area contributed by atoms with Crippen LogP contribution >= 0.6 is 24.0 Å². The van der Waals surface area contributed by atoms with Crippen molar-refractivity contribution in [3.63, 3.8) is 0 Å². The summed E-state index contributed by atoms with van der Waals surface area (Å²) in [6.07, 6.45) is 9.43. The monoisotopic (exact) mass is 507 g/mol. The van der Waals surface area contributed by atoms with E-state index < -0.39 is 0 Å². The van der Waals surface area contributed by atoms with Crippen molar-refractivity contribution in [1.82, 2.24) is 29.5 Å². The maximum atomic E-state index is 5.95. The Kier molecular flexibility index (Phi) is 7.26. The number of nitrogens with one attached hydrogen (secondary N) is 1. The molecule has 1 saturated heterocycles. The minimum Gasteiger partial charge on any atom is -0.370 e. The molecule has 3 heterocycles. The number of para-hydroxylation sites is 1. The molecule has 0 aliphatic carbocycles. The number of hydrogen-bond acceptors (Lipinski definition) is 4. The normalized spacial score (nSPS) is 17.1. The van der Waals surface area contributed by atoms with Gasteiger partial charge in [0.25, 0.3) is 0 Å². The van der Waals surface area contributed by atoms with Crippen molar-refractivity contribution in [2.24, 2.45) is 12.0 Å². The van der Waals surface area contributed by atoms with Gasteiger partial charge < -0.3 is 19.5 Å². The average Bonchev–Trinajstić information content (AvgIpc) is 3.41. The molecule has 0 radical (unpaired) electrons. The number of aliphatic imine (C=N–C) groups is 1. The highest BCUT2D eigenvalue weighted by Gasteiger charge is 2.25. The Morgan fingerprint density at radius 2 is 2.21 bits per heavy atom. The van der Waals surface area contributed by atoms with Gasteiger partial charge in [-0.3, -0.25) is 9.67 Å². The number of imidazole rings is 1. The molecule has 1 unspecified atom stereocenters. The van der Waals surface area contributed by atoms with Crippen molar-refractivity contribution in [2.45, 2.75) is 12.6 Å². The van der Waals surface area contributed by atoms with E-state index in [-0.39, 0.29) is 30.1 Å². The summed E-state index contributed by atoms with van der Waals surface area (Å²) in [4.78, 5) is 10.9. The van der Waals surface area contributed by atoms with Crippen LogP contribution in [0.25, 0.3) is 5.69 Å². The van der Waals surface area contributed by atoms with Gasteiger partial charge in [-0.25, -0.2) is 4.98 Å². The number of ether oxygens (including phenoxy) is 1. The van der Waals surface area contributed by atoms with E-state index in [1.807, 2.05) is 55.7 Å². The van der Waals surface area contributed by atoms with Gasteiger partial charge in [0.2, 0.25) is 0 Å². The molecule has 1 aromatic carbocycles. The van der Waals surface area contributed by atoms with Gasteiger partial charge in [-0.15, -0.1) is 24.0 Å². The van der Waals surface area contributed by atoms with Crippen molar-refractivity contribution in [3.8, 4) is 5.69 Å². The third-order valence-electron chi connectivity index (χ3n) is 4.89. The van der Waals surface area contributed by atoms with Crippen LogP contribution in [0.5, 0.6) is 0 Å². The summed E-state index contributed by atoms with van der Waals surface area (Å²) in [6, 6.07) is 8.30. The molecule has 1 N–H and O–H groups in total. The van der Waals surface area contributed by atoms with Crippen molar-refractivity contribution < 1.29 is 4.74 Å². The number of guanidine groups is 1. The van der Waals surface area contributed by atoms with Crippen LogP contribution in [0.3, 0.4) is 0 Å². The lowest BCUT2D eigenvalue weighted by atomic mass is 10.1. The molecule has 4 rings (SSSR count). The zero-order valence-corrected chi connectivity index (χ0v) is 18.9. The zero-order valence-electron chi connectivity index (χ0n) is 16.6. The summed E-state index contributed by atoms with van der Waals surface area (Å²) in [5, 5.41) is 7.76. The van der Waals surface area contributed by atoms with E-state index in [0.29, 0.717) is 13.2 Å². The van der Waals surface area contributed by atoms with Crippen LogP contribution in [0.15, 0.2) is 60.4 Å². The van der Waals surface area contributed by atoms with Gasteiger partial charge in [-0.05, 0) is 11.6 Å². The predicted octanol–water partition coefficient (Wildman–Crippen LogP) is 2.37. The Labute approximate surface area is 187 Å². The number of hydrogen-bond donors (Lipinski definition) is 1. The number of benzene rings is 1. The molecule has 1 fully saturated rings. The zero-order chi connectivity index (χ0) is 19.3. The number of aromatic nitrogens is 4. The van der Waals surface area contributed by atoms with Gasteiger partial charge >= 0.3 is 0 Å². The maximum absolute atomic E-state index is 5.95. The van der Waals surface area contributed by atoms with E-state index in [0.717, 1.165) is 30.3 Å². The van der Waals surface area contributed by atoms with E-state index in [1.165, 1.54) is 5.56 Å². The molecule has 29 heavy (non-hydrogen) atoms. The first-order chi connectivity index (χ1) is 13.7. The number of halogens is 1. The van der Waals surface area contributed by atoms with Crippen LogP contribution in [-0.4, -0.2) is 56.9 Å². The van der Waals surface area contributed by atoms with Crippen LogP contribution in [-0.2, 0) is 18.3 Å². The van der Waals surface area contributed by atoms with Crippen molar-refractivity contribution in [3.05, 3.63) is 66.5 Å². The maximum Gasteiger partial charge on any atom is 0.194 e. The summed E-state index contributed by atoms with van der Waals surface area (Å²) in [7, 11) is 3.74. The Bertz CT molecular complexity index is 938. The van der Waals surface area contributed by atoms with Crippen LogP contribution in [0.2, 0.25) is 0 Å². The third-order valence-corrected chi connectivity index (χ3v) is 4.89. The van der Waals surface area contributed by atoms with Gasteiger partial charge in [-0.1, -0.05) is 18.2 Å². The molecule has 1 aliphatic heterocycles. The van der Waals surface area contributed by atoms with Crippen molar-refractivity contribution in [1.29, 1.82) is 0 Å². The molecule has 9 heteroatoms. The quantitative estimate of drug-likeness (QED) is 0.334. The highest BCUT2D eigenvalue weighted by molar-refractivity contribution is 14.0. The van der Waals surface area contributed by atoms with Crippen LogP contribution in [0.4, 0.5) is 0 Å². The standard InChI is InChI=1S/C20H25N7O.HI/c1-21-20(26-9-10-28-19(14-26)17-12-24-25(2)13-17)23-11-16-5-3-4-6-18(16)27-8-7-22-15-27;/h3-8,12-13,15,19H,9-11,14H2,1-2H3,(H,21,23);1H. The molecule has 0 spiro atoms. The molecule has 154 valence electrons. The minimum absolute atomic E-state index is 0. The van der Waals surface area contributed by atoms with Gasteiger partial charge in [0.15, 0.2) is 5.96 Å². The molecular weight excluding hydrogens is 481 g/mol. The Balaban J connectivity index is 0.00000240. The minimum atomic E-state index is -0.000708. The fourth-order valence-electron chi connectivity index (χ4n) is 3.47. The summed E-state index contributed by atoms with van der Waals surface area (Å²) in [5.41, 5.74) is 3.38. The first-order valence-electron chi connectivity index (χ1n) is 9.36. The van der Waals surface area contributed by atoms with Crippen molar-refractivity contribution in [2.75, 3.05) is 26.7 Å². The average molecular weight is 507 g/mol. The number of rotatable bonds is 4. The fourth-order valence-corrected chi connectivity index (χ4v) is 3.47. The van der Waals surface area contributed by atoms with Crippen molar-refractivity contribution >= 4 is 29.9 Å². The summed E-state index contributed by atoms with van der Waals surface area (Å²) in [5.74, 6) is 0.873. The predicted molar refractivity (Wildman–Crippen MR) is 123 cm³/mol. The lowest BCUT2D eigenvalue weighted by molar-refractivity contribution is -0.00805. The molecule has 1 atom stereocenters. The topological polar surface area (TPSA) is 72.5 Å². The number of nitrogens with zero attached hydrogens (tertiary/aromatic N) is 6. The van der Waals surface area contributed by atoms with E-state index in [9.17, 15) is 0 Å². The Hall–Kier alpha value is -2.40. The molecule has 3 aromatic rings. The molecule has 0 saturated carbocycles. The molecule has 0 bridgehead atoms. The first kappa shape index (κ1) is 21.3. The highest BCUT2D eigenvalue weighted by atomic mass is 127. The highest BCUT2D eigenvalue weighted by Crippen LogP contribution is 2.22. The van der Waals surface area contributed by atoms with Crippen LogP contribution in [0.1, 0.15) is 17.2 Å². The van der Waals surface area contributed by atoms with Gasteiger partial charge in [0, 0.05) is 51.3 Å². The molecule has 8 nitrogen and oxygen atoms in total. The lowest BCUT2D eigenvalue weighted by Gasteiger charge is -2.34. The van der Waals surface area contributed by atoms with E-state index in [2.05, 4.69) is 37.4 Å². The Morgan fingerprint density at radius 3 is 2.93 bits per heavy atom. The molecule has 0 amide bonds. The fraction of sp³-hybridized carbons (Fsp3) is 0.350. The molecular formula is C20H26IN7O. The van der Waals surface area contributed by atoms with Crippen LogP contribution in [0, 0.1) is 0 Å². The van der Waals surface area contributed by atoms with Gasteiger partial charge in [-0.2, -0.15) is 5.10 Å². The largest absolute Gasteiger partial charge is 0.370 e. The van der Waals surface area contributed by atoms with E-state index in [1.54, 1.807) is 10.9 Å². The first-order valence-corrected chi connectivity index (χ1v) is 9.36. The number of aryl methyl sites for hydroxylation is 1. The summed E-state index contributed by atoms with van der Waals surface area (Å²) in [6.45, 7) is 2.88. The van der Waals surface area contributed by atoms with Crippen LogP contribution < -0.4 is 5.32 Å². The van der Waals surface area contributed by atoms with Gasteiger partial charge in [0.05, 0.1) is 31.4 Å². The third kappa shape index (κ3) is 4.96. The number of morpholine rings is 1. The second kappa shape index (κ2) is 9.88. The summed E-state index contributed by atoms with van der Waals surface area (Å²) < 4.78 is 9.77.